The summed E-state index contributed by atoms with van der Waals surface area (Å²) in [5.41, 5.74) is 1.84. The monoisotopic (exact) mass is 197 g/mol. The van der Waals surface area contributed by atoms with Gasteiger partial charge in [-0.15, -0.1) is 0 Å². The van der Waals surface area contributed by atoms with Crippen LogP contribution in [0.3, 0.4) is 0 Å². The first-order valence-electron chi connectivity index (χ1n) is 3.64. The maximum Gasteiger partial charge on any atom is 0.0786 e. The number of hydrogen-bond acceptors (Lipinski definition) is 2. The highest BCUT2D eigenvalue weighted by molar-refractivity contribution is 7.78. The van der Waals surface area contributed by atoms with E-state index < -0.39 is 0 Å². The molecule has 0 N–H and O–H groups in total. The van der Waals surface area contributed by atoms with Crippen LogP contribution in [0.4, 0.5) is 5.69 Å². The van der Waals surface area contributed by atoms with Crippen LogP contribution in [0.25, 0.3) is 0 Å². The molecule has 0 unspecified atom stereocenters. The molecule has 0 aliphatic heterocycles. The summed E-state index contributed by atoms with van der Waals surface area (Å²) in [6.45, 7) is 2.03. The van der Waals surface area contributed by atoms with Gasteiger partial charge in [-0.05, 0) is 36.3 Å². The second kappa shape index (κ2) is 4.36. The Morgan fingerprint density at radius 2 is 2.33 bits per heavy atom. The van der Waals surface area contributed by atoms with E-state index in [9.17, 15) is 0 Å². The summed E-state index contributed by atoms with van der Waals surface area (Å²) in [4.78, 5) is 3.92. The fourth-order valence-corrected chi connectivity index (χ4v) is 1.45. The van der Waals surface area contributed by atoms with Gasteiger partial charge in [0, 0.05) is 5.02 Å². The average molecular weight is 198 g/mol. The van der Waals surface area contributed by atoms with Crippen LogP contribution >= 0.6 is 23.8 Å². The topological polar surface area (TPSA) is 12.4 Å². The molecule has 0 spiro atoms. The maximum atomic E-state index is 5.94. The van der Waals surface area contributed by atoms with Crippen LogP contribution < -0.4 is 0 Å². The summed E-state index contributed by atoms with van der Waals surface area (Å²) >= 11 is 10.5. The predicted molar refractivity (Wildman–Crippen MR) is 55.5 cm³/mol. The summed E-state index contributed by atoms with van der Waals surface area (Å²) in [7, 11) is 0. The van der Waals surface area contributed by atoms with E-state index >= 15 is 0 Å². The number of aliphatic imine (C=N–C) groups is 1. The number of nitrogens with zero attached hydrogens (tertiary/aromatic N) is 1. The van der Waals surface area contributed by atoms with Gasteiger partial charge in [0.1, 0.15) is 0 Å². The van der Waals surface area contributed by atoms with Gasteiger partial charge in [-0.3, -0.25) is 0 Å². The zero-order valence-corrected chi connectivity index (χ0v) is 8.25. The van der Waals surface area contributed by atoms with Gasteiger partial charge in [0.15, 0.2) is 0 Å². The first kappa shape index (κ1) is 9.40. The summed E-state index contributed by atoms with van der Waals surface area (Å²) in [6.07, 6.45) is 0.857. The molecule has 0 atom stereocenters. The van der Waals surface area contributed by atoms with E-state index in [-0.39, 0.29) is 0 Å². The molecular weight excluding hydrogens is 190 g/mol. The van der Waals surface area contributed by atoms with E-state index in [1.165, 1.54) is 0 Å². The molecule has 1 nitrogen and oxygen atoms in total. The van der Waals surface area contributed by atoms with Crippen LogP contribution in [-0.2, 0) is 6.42 Å². The zero-order chi connectivity index (χ0) is 8.97. The third-order valence-corrected chi connectivity index (χ3v) is 2.06. The van der Waals surface area contributed by atoms with Gasteiger partial charge in [0.2, 0.25) is 0 Å². The lowest BCUT2D eigenvalue weighted by molar-refractivity contribution is 1.13. The van der Waals surface area contributed by atoms with Crippen molar-refractivity contribution in [3.05, 3.63) is 28.8 Å². The largest absolute Gasteiger partial charge is 0.194 e. The normalized spacial score (nSPS) is 9.17. The van der Waals surface area contributed by atoms with Crippen molar-refractivity contribution >= 4 is 34.7 Å². The second-order valence-corrected chi connectivity index (χ2v) is 2.88. The van der Waals surface area contributed by atoms with Crippen LogP contribution in [-0.4, -0.2) is 5.16 Å². The van der Waals surface area contributed by atoms with Gasteiger partial charge >= 0.3 is 0 Å². The Labute approximate surface area is 82.1 Å². The number of benzene rings is 1. The van der Waals surface area contributed by atoms with E-state index in [0.29, 0.717) is 0 Å². The van der Waals surface area contributed by atoms with Crippen LogP contribution in [0, 0.1) is 0 Å². The smallest absolute Gasteiger partial charge is 0.0786 e. The molecule has 0 fully saturated rings. The van der Waals surface area contributed by atoms with Crippen molar-refractivity contribution in [1.82, 2.24) is 0 Å². The Morgan fingerprint density at radius 1 is 1.58 bits per heavy atom. The molecule has 0 aliphatic carbocycles. The Morgan fingerprint density at radius 3 is 2.92 bits per heavy atom. The summed E-state index contributed by atoms with van der Waals surface area (Å²) in [5, 5.41) is 3.08. The number of rotatable bonds is 2. The fraction of sp³-hybridized carbons (Fsp3) is 0.222. The molecule has 0 heterocycles. The lowest BCUT2D eigenvalue weighted by atomic mass is 10.1. The van der Waals surface area contributed by atoms with Gasteiger partial charge in [-0.2, -0.15) is 4.99 Å². The molecule has 0 amide bonds. The van der Waals surface area contributed by atoms with E-state index in [4.69, 9.17) is 11.6 Å². The Kier molecular flexibility index (Phi) is 3.42. The maximum absolute atomic E-state index is 5.94. The molecule has 1 aromatic carbocycles. The molecule has 0 saturated carbocycles. The molecule has 62 valence electrons. The molecule has 0 aliphatic rings. The number of hydrogen-bond donors (Lipinski definition) is 0. The highest BCUT2D eigenvalue weighted by atomic mass is 35.5. The van der Waals surface area contributed by atoms with Crippen molar-refractivity contribution in [3.63, 3.8) is 0 Å². The molecule has 0 aromatic heterocycles. The van der Waals surface area contributed by atoms with E-state index in [2.05, 4.69) is 22.4 Å². The summed E-state index contributed by atoms with van der Waals surface area (Å²) in [6, 6.07) is 5.58. The third-order valence-electron chi connectivity index (χ3n) is 1.61. The van der Waals surface area contributed by atoms with Gasteiger partial charge in [-0.1, -0.05) is 24.6 Å². The van der Waals surface area contributed by atoms with Gasteiger partial charge in [-0.25, -0.2) is 0 Å². The minimum atomic E-state index is 0.740. The quantitative estimate of drug-likeness (QED) is 0.521. The first-order chi connectivity index (χ1) is 5.79. The molecule has 1 rings (SSSR count). The minimum absolute atomic E-state index is 0.740. The molecule has 0 radical (unpaired) electrons. The van der Waals surface area contributed by atoms with E-state index in [1.54, 1.807) is 0 Å². The molecule has 0 saturated heterocycles. The van der Waals surface area contributed by atoms with Crippen molar-refractivity contribution < 1.29 is 0 Å². The number of isothiocyanates is 1. The van der Waals surface area contributed by atoms with Crippen molar-refractivity contribution in [2.45, 2.75) is 13.3 Å². The summed E-state index contributed by atoms with van der Waals surface area (Å²) in [5.74, 6) is 0. The predicted octanol–water partition coefficient (Wildman–Crippen LogP) is 3.64. The molecule has 0 bridgehead atoms. The number of thiocarbonyl (C=S) groups is 1. The minimum Gasteiger partial charge on any atom is -0.194 e. The standard InChI is InChI=1S/C9H8ClNS/c1-2-7-8(10)4-3-5-9(7)11-6-12/h3-5H,2H2,1H3. The molecular formula is C9H8ClNS. The summed E-state index contributed by atoms with van der Waals surface area (Å²) < 4.78 is 0. The molecule has 3 heteroatoms. The molecule has 12 heavy (non-hydrogen) atoms. The molecule has 1 aromatic rings. The fourth-order valence-electron chi connectivity index (χ4n) is 1.05. The van der Waals surface area contributed by atoms with E-state index in [0.717, 1.165) is 22.7 Å². The highest BCUT2D eigenvalue weighted by Crippen LogP contribution is 2.26. The Bertz CT molecular complexity index is 329. The van der Waals surface area contributed by atoms with Crippen LogP contribution in [0.15, 0.2) is 23.2 Å². The van der Waals surface area contributed by atoms with Crippen LogP contribution in [0.5, 0.6) is 0 Å². The SMILES string of the molecule is CCc1c(Cl)cccc1N=C=S. The average Bonchev–Trinajstić information content (AvgIpc) is 2.05. The van der Waals surface area contributed by atoms with Crippen LogP contribution in [0.2, 0.25) is 5.02 Å². The second-order valence-electron chi connectivity index (χ2n) is 2.29. The number of halogens is 1. The van der Waals surface area contributed by atoms with Gasteiger partial charge < -0.3 is 0 Å². The first-order valence-corrected chi connectivity index (χ1v) is 4.43. The van der Waals surface area contributed by atoms with Crippen molar-refractivity contribution in [1.29, 1.82) is 0 Å². The zero-order valence-electron chi connectivity index (χ0n) is 6.67. The van der Waals surface area contributed by atoms with Gasteiger partial charge in [0.25, 0.3) is 0 Å². The van der Waals surface area contributed by atoms with E-state index in [1.807, 2.05) is 25.1 Å². The lowest BCUT2D eigenvalue weighted by Gasteiger charge is -2.02. The van der Waals surface area contributed by atoms with Crippen molar-refractivity contribution in [2.75, 3.05) is 0 Å². The third kappa shape index (κ3) is 1.92. The van der Waals surface area contributed by atoms with Crippen molar-refractivity contribution in [2.24, 2.45) is 4.99 Å². The Hall–Kier alpha value is -0.690. The van der Waals surface area contributed by atoms with Gasteiger partial charge in [0.05, 0.1) is 10.8 Å². The Balaban J connectivity index is 3.26. The lowest BCUT2D eigenvalue weighted by Crippen LogP contribution is -1.82. The van der Waals surface area contributed by atoms with Crippen molar-refractivity contribution in [3.8, 4) is 0 Å². The van der Waals surface area contributed by atoms with Crippen LogP contribution in [0.1, 0.15) is 12.5 Å². The highest BCUT2D eigenvalue weighted by Gasteiger charge is 2.02.